The van der Waals surface area contributed by atoms with E-state index in [2.05, 4.69) is 10.8 Å². The first-order chi connectivity index (χ1) is 11.1. The highest BCUT2D eigenvalue weighted by atomic mass is 35.5. The molecule has 23 heavy (non-hydrogen) atoms. The zero-order valence-corrected chi connectivity index (χ0v) is 12.8. The number of hydrogen-bond acceptors (Lipinski definition) is 6. The Kier molecular flexibility index (Phi) is 6.26. The number of nitrogens with one attached hydrogen (secondary N) is 2. The molecule has 2 N–H and O–H groups in total. The van der Waals surface area contributed by atoms with E-state index in [9.17, 15) is 9.59 Å². The van der Waals surface area contributed by atoms with Crippen molar-refractivity contribution in [2.24, 2.45) is 0 Å². The van der Waals surface area contributed by atoms with Gasteiger partial charge in [0.2, 0.25) is 0 Å². The quantitative estimate of drug-likeness (QED) is 0.460. The normalized spacial score (nSPS) is 11.2. The Morgan fingerprint density at radius 1 is 0.957 bits per heavy atom. The summed E-state index contributed by atoms with van der Waals surface area (Å²) in [7, 11) is 0. The van der Waals surface area contributed by atoms with Crippen LogP contribution in [0.2, 0.25) is 0 Å². The molecule has 120 valence electrons. The monoisotopic (exact) mass is 334 g/mol. The van der Waals surface area contributed by atoms with Gasteiger partial charge in [0.15, 0.2) is 0 Å². The van der Waals surface area contributed by atoms with Crippen molar-refractivity contribution in [2.45, 2.75) is 5.56 Å². The largest absolute Gasteiger partial charge is 0.433 e. The van der Waals surface area contributed by atoms with Crippen LogP contribution in [0, 0.1) is 0 Å². The van der Waals surface area contributed by atoms with Crippen molar-refractivity contribution >= 4 is 34.9 Å². The van der Waals surface area contributed by atoms with Gasteiger partial charge in [0.1, 0.15) is 6.54 Å². The molecule has 0 aliphatic heterocycles. The Morgan fingerprint density at radius 2 is 1.52 bits per heavy atom. The van der Waals surface area contributed by atoms with Gasteiger partial charge in [-0.25, -0.2) is 10.3 Å². The Hall–Kier alpha value is -2.73. The first-order valence-corrected chi connectivity index (χ1v) is 7.23. The van der Waals surface area contributed by atoms with Crippen LogP contribution in [0.15, 0.2) is 60.7 Å². The molecule has 1 unspecified atom stereocenters. The Labute approximate surface area is 138 Å². The van der Waals surface area contributed by atoms with Crippen LogP contribution in [0.25, 0.3) is 0 Å². The Morgan fingerprint density at radius 3 is 2.13 bits per heavy atom. The van der Waals surface area contributed by atoms with Crippen LogP contribution in [-0.2, 0) is 19.2 Å². The summed E-state index contributed by atoms with van der Waals surface area (Å²) in [6.07, 6.45) is 0. The van der Waals surface area contributed by atoms with E-state index in [1.807, 2.05) is 24.3 Å². The molecule has 0 fully saturated rings. The van der Waals surface area contributed by atoms with E-state index >= 15 is 0 Å². The summed E-state index contributed by atoms with van der Waals surface area (Å²) in [5.74, 6) is -1.59. The van der Waals surface area contributed by atoms with Crippen LogP contribution >= 0.6 is 11.6 Å². The third-order valence-electron chi connectivity index (χ3n) is 2.67. The third-order valence-corrected chi connectivity index (χ3v) is 2.94. The molecule has 0 radical (unpaired) electrons. The molecule has 0 bridgehead atoms. The minimum Gasteiger partial charge on any atom is -0.433 e. The molecule has 0 aliphatic rings. The van der Waals surface area contributed by atoms with Crippen LogP contribution in [0.5, 0.6) is 0 Å². The molecular formula is C16H15ClN2O4. The summed E-state index contributed by atoms with van der Waals surface area (Å²) in [4.78, 5) is 28.0. The van der Waals surface area contributed by atoms with Crippen LogP contribution in [0.4, 0.5) is 11.4 Å². The van der Waals surface area contributed by atoms with Crippen molar-refractivity contribution in [1.82, 2.24) is 0 Å². The van der Waals surface area contributed by atoms with Crippen LogP contribution < -0.4 is 10.8 Å². The molecule has 0 heterocycles. The van der Waals surface area contributed by atoms with Crippen molar-refractivity contribution in [2.75, 3.05) is 17.3 Å². The fourth-order valence-electron chi connectivity index (χ4n) is 1.60. The lowest BCUT2D eigenvalue weighted by atomic mass is 10.3. The summed E-state index contributed by atoms with van der Waals surface area (Å²) >= 11 is 5.69. The number of alkyl halides is 1. The first-order valence-electron chi connectivity index (χ1n) is 6.79. The van der Waals surface area contributed by atoms with Gasteiger partial charge < -0.3 is 14.9 Å². The molecule has 7 heteroatoms. The number of carbonyl (C=O) groups excluding carboxylic acids is 2. The molecule has 6 nitrogen and oxygen atoms in total. The van der Waals surface area contributed by atoms with E-state index in [4.69, 9.17) is 21.2 Å². The number of esters is 1. The maximum absolute atomic E-state index is 11.6. The van der Waals surface area contributed by atoms with Gasteiger partial charge in [0, 0.05) is 5.69 Å². The second-order valence-corrected chi connectivity index (χ2v) is 4.81. The average molecular weight is 335 g/mol. The van der Waals surface area contributed by atoms with Gasteiger partial charge in [-0.3, -0.25) is 4.79 Å². The minimum absolute atomic E-state index is 0.118. The molecule has 0 amide bonds. The zero-order valence-electron chi connectivity index (χ0n) is 12.1. The molecule has 0 spiro atoms. The summed E-state index contributed by atoms with van der Waals surface area (Å²) in [6, 6.07) is 17.8. The maximum Gasteiger partial charge on any atom is 0.388 e. The highest BCUT2D eigenvalue weighted by molar-refractivity contribution is 6.29. The van der Waals surface area contributed by atoms with E-state index in [1.54, 1.807) is 36.4 Å². The van der Waals surface area contributed by atoms with Crippen LogP contribution in [0.1, 0.15) is 0 Å². The fourth-order valence-corrected chi connectivity index (χ4v) is 1.74. The average Bonchev–Trinajstić information content (AvgIpc) is 2.59. The van der Waals surface area contributed by atoms with Gasteiger partial charge in [-0.1, -0.05) is 48.0 Å². The number of halogens is 1. The summed E-state index contributed by atoms with van der Waals surface area (Å²) in [5.41, 5.74) is 2.21. The van der Waals surface area contributed by atoms with Gasteiger partial charge in [-0.2, -0.15) is 0 Å². The summed E-state index contributed by atoms with van der Waals surface area (Å²) in [6.45, 7) is -0.118. The number of anilines is 2. The predicted octanol–water partition coefficient (Wildman–Crippen LogP) is 2.78. The third kappa shape index (κ3) is 5.88. The number of hydrogen-bond donors (Lipinski definition) is 2. The Balaban J connectivity index is 1.71. The van der Waals surface area contributed by atoms with Crippen molar-refractivity contribution in [1.29, 1.82) is 0 Å². The second-order valence-electron chi connectivity index (χ2n) is 4.41. The van der Waals surface area contributed by atoms with Gasteiger partial charge in [-0.15, -0.1) is 0 Å². The van der Waals surface area contributed by atoms with Crippen molar-refractivity contribution in [3.05, 3.63) is 60.7 Å². The second kappa shape index (κ2) is 8.65. The number of para-hydroxylation sites is 2. The van der Waals surface area contributed by atoms with Gasteiger partial charge in [0.25, 0.3) is 5.56 Å². The summed E-state index contributed by atoms with van der Waals surface area (Å²) < 4.78 is 4.77. The highest BCUT2D eigenvalue weighted by Crippen LogP contribution is 2.08. The molecule has 0 aromatic heterocycles. The van der Waals surface area contributed by atoms with Crippen LogP contribution in [-0.4, -0.2) is 24.0 Å². The van der Waals surface area contributed by atoms with Crippen molar-refractivity contribution < 1.29 is 19.2 Å². The fraction of sp³-hybridized carbons (Fsp3) is 0.125. The van der Waals surface area contributed by atoms with E-state index in [1.165, 1.54) is 0 Å². The van der Waals surface area contributed by atoms with Gasteiger partial charge in [0.05, 0.1) is 5.69 Å². The molecule has 0 aliphatic carbocycles. The smallest absolute Gasteiger partial charge is 0.388 e. The van der Waals surface area contributed by atoms with E-state index < -0.39 is 17.5 Å². The number of benzene rings is 2. The molecule has 2 rings (SSSR count). The molecule has 1 atom stereocenters. The Bertz CT molecular complexity index is 637. The van der Waals surface area contributed by atoms with Crippen molar-refractivity contribution in [3.8, 4) is 0 Å². The number of carbonyl (C=O) groups is 2. The molecule has 2 aromatic carbocycles. The standard InChI is InChI=1S/C16H15ClN2O4/c17-15(16(21)23-19-13-9-5-2-6-10-13)22-14(20)11-18-12-7-3-1-4-8-12/h1-10,15,18-19H,11H2. The first kappa shape index (κ1) is 16.6. The van der Waals surface area contributed by atoms with Gasteiger partial charge >= 0.3 is 11.9 Å². The summed E-state index contributed by atoms with van der Waals surface area (Å²) in [5, 5.41) is 2.85. The van der Waals surface area contributed by atoms with Gasteiger partial charge in [-0.05, 0) is 24.3 Å². The lowest BCUT2D eigenvalue weighted by Gasteiger charge is -2.12. The SMILES string of the molecule is O=C(CNc1ccccc1)OC(Cl)C(=O)ONc1ccccc1. The lowest BCUT2D eigenvalue weighted by Crippen LogP contribution is -2.28. The lowest BCUT2D eigenvalue weighted by molar-refractivity contribution is -0.159. The number of rotatable bonds is 7. The molecule has 0 saturated heterocycles. The van der Waals surface area contributed by atoms with E-state index in [0.29, 0.717) is 5.69 Å². The van der Waals surface area contributed by atoms with Crippen molar-refractivity contribution in [3.63, 3.8) is 0 Å². The highest BCUT2D eigenvalue weighted by Gasteiger charge is 2.22. The number of ether oxygens (including phenoxy) is 1. The van der Waals surface area contributed by atoms with Crippen LogP contribution in [0.3, 0.4) is 0 Å². The predicted molar refractivity (Wildman–Crippen MR) is 86.8 cm³/mol. The molecule has 2 aromatic rings. The van der Waals surface area contributed by atoms with E-state index in [0.717, 1.165) is 5.69 Å². The minimum atomic E-state index is -1.53. The molecular weight excluding hydrogens is 320 g/mol. The zero-order chi connectivity index (χ0) is 16.5. The van der Waals surface area contributed by atoms with E-state index in [-0.39, 0.29) is 6.54 Å². The topological polar surface area (TPSA) is 76.7 Å². The molecule has 0 saturated carbocycles. The maximum atomic E-state index is 11.6.